The van der Waals surface area contributed by atoms with E-state index in [4.69, 9.17) is 41.6 Å². The van der Waals surface area contributed by atoms with Crippen molar-refractivity contribution in [3.05, 3.63) is 61.6 Å². The lowest BCUT2D eigenvalue weighted by atomic mass is 9.99. The SMILES string of the molecule is COc1cc2c(c(Cl)c1Cl)C(COCCOS(=O)(=O)c1ccc([N+](=O)[O-])cc1)OCCC2. The zero-order valence-electron chi connectivity index (χ0n) is 17.1. The topological polar surface area (TPSA) is 114 Å². The smallest absolute Gasteiger partial charge is 0.297 e. The Bertz CT molecular complexity index is 1080. The summed E-state index contributed by atoms with van der Waals surface area (Å²) in [5.74, 6) is 0.488. The van der Waals surface area contributed by atoms with Gasteiger partial charge in [-0.3, -0.25) is 14.3 Å². The molecule has 0 N–H and O–H groups in total. The minimum atomic E-state index is -4.07. The quantitative estimate of drug-likeness (QED) is 0.214. The van der Waals surface area contributed by atoms with Crippen LogP contribution in [0.15, 0.2) is 35.2 Å². The second kappa shape index (κ2) is 10.8. The summed E-state index contributed by atoms with van der Waals surface area (Å²) in [6.07, 6.45) is 1.06. The molecule has 0 bridgehead atoms. The van der Waals surface area contributed by atoms with Crippen molar-refractivity contribution in [3.8, 4) is 5.75 Å². The van der Waals surface area contributed by atoms with Crippen molar-refractivity contribution in [2.45, 2.75) is 23.8 Å². The summed E-state index contributed by atoms with van der Waals surface area (Å²) >= 11 is 12.8. The van der Waals surface area contributed by atoms with Gasteiger partial charge in [-0.25, -0.2) is 0 Å². The van der Waals surface area contributed by atoms with E-state index in [0.717, 1.165) is 48.2 Å². The number of hydrogen-bond donors (Lipinski definition) is 0. The molecule has 0 fully saturated rings. The highest BCUT2D eigenvalue weighted by molar-refractivity contribution is 7.86. The molecule has 2 aromatic carbocycles. The average molecular weight is 506 g/mol. The Labute approximate surface area is 195 Å². The van der Waals surface area contributed by atoms with Gasteiger partial charge in [0.2, 0.25) is 0 Å². The lowest BCUT2D eigenvalue weighted by Gasteiger charge is -2.21. The Hall–Kier alpha value is -1.95. The first-order valence-corrected chi connectivity index (χ1v) is 11.8. The molecule has 0 saturated carbocycles. The molecule has 2 aromatic rings. The molecule has 32 heavy (non-hydrogen) atoms. The summed E-state index contributed by atoms with van der Waals surface area (Å²) in [7, 11) is -2.55. The minimum absolute atomic E-state index is 0.0249. The first-order valence-electron chi connectivity index (χ1n) is 9.62. The number of hydrogen-bond acceptors (Lipinski definition) is 8. The van der Waals surface area contributed by atoms with E-state index >= 15 is 0 Å². The molecule has 174 valence electrons. The van der Waals surface area contributed by atoms with E-state index in [1.165, 1.54) is 7.11 Å². The number of methoxy groups -OCH3 is 1. The molecule has 0 radical (unpaired) electrons. The fourth-order valence-corrected chi connectivity index (χ4v) is 4.73. The Balaban J connectivity index is 1.58. The molecule has 0 saturated heterocycles. The van der Waals surface area contributed by atoms with Crippen LogP contribution in [0, 0.1) is 10.1 Å². The molecule has 0 spiro atoms. The number of nitro benzene ring substituents is 1. The normalized spacial score (nSPS) is 16.3. The first kappa shape index (κ1) is 24.7. The molecular formula is C20H21Cl2NO8S. The molecule has 1 aliphatic rings. The first-order chi connectivity index (χ1) is 15.2. The van der Waals surface area contributed by atoms with Crippen LogP contribution in [-0.2, 0) is 30.2 Å². The fourth-order valence-electron chi connectivity index (χ4n) is 3.27. The maximum Gasteiger partial charge on any atom is 0.297 e. The van der Waals surface area contributed by atoms with Crippen LogP contribution < -0.4 is 4.74 Å². The maximum absolute atomic E-state index is 12.2. The van der Waals surface area contributed by atoms with Crippen molar-refractivity contribution >= 4 is 39.0 Å². The number of nitrogens with zero attached hydrogens (tertiary/aromatic N) is 1. The standard InChI is InChI=1S/C20H21Cl2NO8S/c1-28-16-11-13-3-2-8-30-17(18(13)20(22)19(16)21)12-29-9-10-31-32(26,27)15-6-4-14(5-7-15)23(24)25/h4-7,11,17H,2-3,8-10,12H2,1H3. The van der Waals surface area contributed by atoms with E-state index in [-0.39, 0.29) is 30.4 Å². The summed E-state index contributed by atoms with van der Waals surface area (Å²) in [4.78, 5) is 9.89. The number of fused-ring (bicyclic) bond motifs is 1. The van der Waals surface area contributed by atoms with E-state index in [1.807, 2.05) is 6.07 Å². The molecule has 1 unspecified atom stereocenters. The van der Waals surface area contributed by atoms with Gasteiger partial charge in [0.25, 0.3) is 15.8 Å². The van der Waals surface area contributed by atoms with Crippen molar-refractivity contribution in [2.24, 2.45) is 0 Å². The molecule has 1 atom stereocenters. The van der Waals surface area contributed by atoms with Crippen LogP contribution in [0.2, 0.25) is 10.0 Å². The third-order valence-electron chi connectivity index (χ3n) is 4.82. The zero-order valence-corrected chi connectivity index (χ0v) is 19.4. The van der Waals surface area contributed by atoms with Gasteiger partial charge in [-0.05, 0) is 36.6 Å². The predicted octanol–water partition coefficient (Wildman–Crippen LogP) is 4.34. The lowest BCUT2D eigenvalue weighted by molar-refractivity contribution is -0.384. The van der Waals surface area contributed by atoms with Crippen LogP contribution in [0.25, 0.3) is 0 Å². The van der Waals surface area contributed by atoms with E-state index in [9.17, 15) is 18.5 Å². The van der Waals surface area contributed by atoms with Crippen LogP contribution in [0.4, 0.5) is 5.69 Å². The molecule has 1 heterocycles. The zero-order chi connectivity index (χ0) is 23.3. The Kier molecular flexibility index (Phi) is 8.32. The van der Waals surface area contributed by atoms with Gasteiger partial charge < -0.3 is 14.2 Å². The number of nitro groups is 1. The van der Waals surface area contributed by atoms with Gasteiger partial charge in [-0.1, -0.05) is 23.2 Å². The highest BCUT2D eigenvalue weighted by atomic mass is 35.5. The summed E-state index contributed by atoms with van der Waals surface area (Å²) in [5.41, 5.74) is 1.47. The maximum atomic E-state index is 12.2. The van der Waals surface area contributed by atoms with Crippen molar-refractivity contribution < 1.29 is 31.7 Å². The van der Waals surface area contributed by atoms with Gasteiger partial charge >= 0.3 is 0 Å². The lowest BCUT2D eigenvalue weighted by Crippen LogP contribution is -2.17. The van der Waals surface area contributed by atoms with E-state index in [0.29, 0.717) is 22.4 Å². The molecule has 0 aromatic heterocycles. The minimum Gasteiger partial charge on any atom is -0.495 e. The van der Waals surface area contributed by atoms with E-state index in [1.54, 1.807) is 0 Å². The van der Waals surface area contributed by atoms with Gasteiger partial charge in [-0.15, -0.1) is 0 Å². The largest absolute Gasteiger partial charge is 0.495 e. The number of halogens is 2. The molecule has 3 rings (SSSR count). The van der Waals surface area contributed by atoms with Gasteiger partial charge in [-0.2, -0.15) is 8.42 Å². The Morgan fingerprint density at radius 3 is 2.56 bits per heavy atom. The van der Waals surface area contributed by atoms with Gasteiger partial charge in [0.05, 0.1) is 41.8 Å². The number of non-ortho nitro benzene ring substituents is 1. The number of benzene rings is 2. The van der Waals surface area contributed by atoms with E-state index < -0.39 is 21.1 Å². The van der Waals surface area contributed by atoms with Gasteiger partial charge in [0.1, 0.15) is 16.9 Å². The van der Waals surface area contributed by atoms with Gasteiger partial charge in [0.15, 0.2) is 0 Å². The molecule has 0 amide bonds. The third kappa shape index (κ3) is 5.69. The monoisotopic (exact) mass is 505 g/mol. The van der Waals surface area contributed by atoms with Gasteiger partial charge in [0, 0.05) is 24.3 Å². The predicted molar refractivity (Wildman–Crippen MR) is 117 cm³/mol. The van der Waals surface area contributed by atoms with Crippen molar-refractivity contribution in [1.29, 1.82) is 0 Å². The van der Waals surface area contributed by atoms with E-state index in [2.05, 4.69) is 0 Å². The Morgan fingerprint density at radius 1 is 1.19 bits per heavy atom. The second-order valence-electron chi connectivity index (χ2n) is 6.84. The molecular weight excluding hydrogens is 485 g/mol. The van der Waals surface area contributed by atoms with Crippen molar-refractivity contribution in [2.75, 3.05) is 33.5 Å². The van der Waals surface area contributed by atoms with Crippen LogP contribution in [0.5, 0.6) is 5.75 Å². The highest BCUT2D eigenvalue weighted by Gasteiger charge is 2.26. The molecule has 0 aliphatic carbocycles. The summed E-state index contributed by atoms with van der Waals surface area (Å²) in [6, 6.07) is 6.26. The van der Waals surface area contributed by atoms with Crippen LogP contribution in [0.1, 0.15) is 23.7 Å². The third-order valence-corrected chi connectivity index (χ3v) is 7.01. The molecule has 9 nitrogen and oxygen atoms in total. The summed E-state index contributed by atoms with van der Waals surface area (Å²) in [5, 5.41) is 11.3. The summed E-state index contributed by atoms with van der Waals surface area (Å²) in [6.45, 7) is 0.360. The summed E-state index contributed by atoms with van der Waals surface area (Å²) < 4.78 is 46.1. The van der Waals surface area contributed by atoms with Crippen LogP contribution in [-0.4, -0.2) is 46.9 Å². The van der Waals surface area contributed by atoms with Crippen molar-refractivity contribution in [3.63, 3.8) is 0 Å². The Morgan fingerprint density at radius 2 is 1.91 bits per heavy atom. The van der Waals surface area contributed by atoms with Crippen molar-refractivity contribution in [1.82, 2.24) is 0 Å². The number of aryl methyl sites for hydroxylation is 1. The fraction of sp³-hybridized carbons (Fsp3) is 0.400. The van der Waals surface area contributed by atoms with Crippen LogP contribution in [0.3, 0.4) is 0 Å². The molecule has 1 aliphatic heterocycles. The average Bonchev–Trinajstić information content (AvgIpc) is 2.98. The molecule has 12 heteroatoms. The van der Waals surface area contributed by atoms with Crippen LogP contribution >= 0.6 is 23.2 Å². The number of ether oxygens (including phenoxy) is 3. The highest BCUT2D eigenvalue weighted by Crippen LogP contribution is 2.42. The number of rotatable bonds is 9. The second-order valence-corrected chi connectivity index (χ2v) is 9.22.